The van der Waals surface area contributed by atoms with Crippen LogP contribution in [0.3, 0.4) is 0 Å². The minimum absolute atomic E-state index is 0.108. The van der Waals surface area contributed by atoms with Crippen molar-refractivity contribution in [1.82, 2.24) is 10.3 Å². The number of nitrogens with one attached hydrogen (secondary N) is 2. The van der Waals surface area contributed by atoms with Gasteiger partial charge in [0.1, 0.15) is 5.78 Å². The van der Waals surface area contributed by atoms with Crippen LogP contribution in [0.25, 0.3) is 16.7 Å². The van der Waals surface area contributed by atoms with Gasteiger partial charge in [-0.3, -0.25) is 9.78 Å². The van der Waals surface area contributed by atoms with E-state index < -0.39 is 0 Å². The number of rotatable bonds is 12. The topological polar surface area (TPSA) is 80.0 Å². The van der Waals surface area contributed by atoms with Crippen LogP contribution in [0.2, 0.25) is 0 Å². The number of carbonyl (C=O) groups is 1. The number of ketones is 1. The van der Waals surface area contributed by atoms with Crippen molar-refractivity contribution in [2.45, 2.75) is 33.6 Å². The molecule has 0 aliphatic rings. The molecule has 4 N–H and O–H groups in total. The summed E-state index contributed by atoms with van der Waals surface area (Å²) >= 11 is 0. The molecule has 0 spiro atoms. The van der Waals surface area contributed by atoms with Gasteiger partial charge in [-0.2, -0.15) is 0 Å². The molecular formula is C31H40N4O. The molecular weight excluding hydrogens is 444 g/mol. The van der Waals surface area contributed by atoms with E-state index in [0.717, 1.165) is 42.2 Å². The van der Waals surface area contributed by atoms with Gasteiger partial charge in [0, 0.05) is 55.8 Å². The van der Waals surface area contributed by atoms with Crippen LogP contribution in [0.4, 0.5) is 5.69 Å². The fourth-order valence-electron chi connectivity index (χ4n) is 3.49. The van der Waals surface area contributed by atoms with Gasteiger partial charge >= 0.3 is 0 Å². The Hall–Kier alpha value is -3.70. The maximum Gasteiger partial charge on any atom is 0.141 e. The fourth-order valence-corrected chi connectivity index (χ4v) is 3.49. The van der Waals surface area contributed by atoms with E-state index in [4.69, 9.17) is 5.73 Å². The van der Waals surface area contributed by atoms with Gasteiger partial charge in [0.15, 0.2) is 0 Å². The molecule has 190 valence electrons. The van der Waals surface area contributed by atoms with Gasteiger partial charge in [0.2, 0.25) is 0 Å². The van der Waals surface area contributed by atoms with Crippen molar-refractivity contribution < 1.29 is 4.79 Å². The smallest absolute Gasteiger partial charge is 0.141 e. The summed E-state index contributed by atoms with van der Waals surface area (Å²) in [4.78, 5) is 15.7. The molecule has 0 saturated carbocycles. The van der Waals surface area contributed by atoms with Crippen LogP contribution < -0.4 is 16.4 Å². The Morgan fingerprint density at radius 3 is 2.14 bits per heavy atom. The molecule has 36 heavy (non-hydrogen) atoms. The zero-order valence-electron chi connectivity index (χ0n) is 21.9. The second-order valence-corrected chi connectivity index (χ2v) is 8.72. The second-order valence-electron chi connectivity index (χ2n) is 8.72. The SMILES string of the molecule is C=C(C)c1ccc(-c2ccc(NCCN)cc2)cc1.C=C(NCCc1ccccn1)C(C)C(=O)CC. The number of pyridine rings is 1. The summed E-state index contributed by atoms with van der Waals surface area (Å²) in [6, 6.07) is 22.7. The first kappa shape index (κ1) is 28.5. The lowest BCUT2D eigenvalue weighted by molar-refractivity contribution is -0.121. The summed E-state index contributed by atoms with van der Waals surface area (Å²) < 4.78 is 0. The summed E-state index contributed by atoms with van der Waals surface area (Å²) in [5.41, 5.74) is 13.1. The van der Waals surface area contributed by atoms with Crippen molar-refractivity contribution in [2.75, 3.05) is 25.0 Å². The maximum atomic E-state index is 11.5. The lowest BCUT2D eigenvalue weighted by Crippen LogP contribution is -2.25. The molecule has 1 heterocycles. The molecule has 5 nitrogen and oxygen atoms in total. The van der Waals surface area contributed by atoms with E-state index in [9.17, 15) is 4.79 Å². The maximum absolute atomic E-state index is 11.5. The van der Waals surface area contributed by atoms with Crippen LogP contribution in [0.15, 0.2) is 91.8 Å². The third-order valence-corrected chi connectivity index (χ3v) is 5.88. The molecule has 3 rings (SSSR count). The van der Waals surface area contributed by atoms with Gasteiger partial charge in [-0.05, 0) is 54.8 Å². The largest absolute Gasteiger partial charge is 0.388 e. The molecule has 0 bridgehead atoms. The molecule has 2 aromatic carbocycles. The number of carbonyl (C=O) groups excluding carboxylic acids is 1. The van der Waals surface area contributed by atoms with Gasteiger partial charge in [0.25, 0.3) is 0 Å². The van der Waals surface area contributed by atoms with E-state index in [1.54, 1.807) is 6.20 Å². The minimum atomic E-state index is -0.108. The first-order valence-corrected chi connectivity index (χ1v) is 12.5. The average molecular weight is 485 g/mol. The van der Waals surface area contributed by atoms with Gasteiger partial charge in [0.05, 0.1) is 5.92 Å². The molecule has 0 amide bonds. The van der Waals surface area contributed by atoms with Crippen LogP contribution >= 0.6 is 0 Å². The van der Waals surface area contributed by atoms with Gasteiger partial charge < -0.3 is 16.4 Å². The number of nitrogens with two attached hydrogens (primary N) is 1. The van der Waals surface area contributed by atoms with Crippen molar-refractivity contribution in [3.05, 3.63) is 103 Å². The quantitative estimate of drug-likeness (QED) is 0.289. The molecule has 0 aliphatic carbocycles. The number of hydrogen-bond acceptors (Lipinski definition) is 5. The first-order valence-electron chi connectivity index (χ1n) is 12.5. The highest BCUT2D eigenvalue weighted by atomic mass is 16.1. The van der Waals surface area contributed by atoms with Crippen LogP contribution in [0, 0.1) is 5.92 Å². The average Bonchev–Trinajstić information content (AvgIpc) is 2.92. The molecule has 1 unspecified atom stereocenters. The first-order chi connectivity index (χ1) is 17.3. The van der Waals surface area contributed by atoms with Crippen molar-refractivity contribution in [2.24, 2.45) is 11.7 Å². The summed E-state index contributed by atoms with van der Waals surface area (Å²) in [5, 5.41) is 6.45. The highest BCUT2D eigenvalue weighted by molar-refractivity contribution is 5.82. The Kier molecular flexibility index (Phi) is 12.1. The summed E-state index contributed by atoms with van der Waals surface area (Å²) in [6.07, 6.45) is 3.18. The predicted molar refractivity (Wildman–Crippen MR) is 154 cm³/mol. The zero-order valence-corrected chi connectivity index (χ0v) is 21.9. The van der Waals surface area contributed by atoms with Gasteiger partial charge in [-0.25, -0.2) is 0 Å². The highest BCUT2D eigenvalue weighted by Crippen LogP contribution is 2.23. The molecule has 1 atom stereocenters. The number of aromatic nitrogens is 1. The molecule has 0 saturated heterocycles. The van der Waals surface area contributed by atoms with Crippen molar-refractivity contribution in [3.8, 4) is 11.1 Å². The normalized spacial score (nSPS) is 11.0. The third-order valence-electron chi connectivity index (χ3n) is 5.88. The Balaban J connectivity index is 0.000000255. The second kappa shape index (κ2) is 15.3. The molecule has 5 heteroatoms. The van der Waals surface area contributed by atoms with Crippen LogP contribution in [-0.2, 0) is 11.2 Å². The van der Waals surface area contributed by atoms with E-state index in [2.05, 4.69) is 77.3 Å². The van der Waals surface area contributed by atoms with E-state index in [1.165, 1.54) is 16.7 Å². The third kappa shape index (κ3) is 9.51. The zero-order chi connectivity index (χ0) is 26.3. The molecule has 0 radical (unpaired) electrons. The molecule has 3 aromatic rings. The summed E-state index contributed by atoms with van der Waals surface area (Å²) in [6.45, 7) is 15.8. The Labute approximate surface area is 216 Å². The Morgan fingerprint density at radius 2 is 1.61 bits per heavy atom. The Morgan fingerprint density at radius 1 is 0.972 bits per heavy atom. The summed E-state index contributed by atoms with van der Waals surface area (Å²) in [7, 11) is 0. The number of nitrogens with zero attached hydrogens (tertiary/aromatic N) is 1. The summed E-state index contributed by atoms with van der Waals surface area (Å²) in [5.74, 6) is 0.115. The van der Waals surface area contributed by atoms with Crippen LogP contribution in [0.1, 0.15) is 38.4 Å². The van der Waals surface area contributed by atoms with Crippen molar-refractivity contribution in [1.29, 1.82) is 0 Å². The monoisotopic (exact) mass is 484 g/mol. The lowest BCUT2D eigenvalue weighted by atomic mass is 10.0. The molecule has 1 aromatic heterocycles. The van der Waals surface area contributed by atoms with Crippen molar-refractivity contribution in [3.63, 3.8) is 0 Å². The molecule has 0 fully saturated rings. The molecule has 0 aliphatic heterocycles. The standard InChI is InChI=1S/C17H20N2.C14H20N2O/c1-13(2)14-3-5-15(6-4-14)16-7-9-17(10-8-16)19-12-11-18;1-4-14(17)11(2)12(3)15-10-8-13-7-5-6-9-16-13/h3-10,19H,1,11-12,18H2,2H3;5-7,9,11,15H,3-4,8,10H2,1-2H3. The van der Waals surface area contributed by atoms with E-state index in [-0.39, 0.29) is 11.7 Å². The fraction of sp³-hybridized carbons (Fsp3) is 0.290. The Bertz CT molecular complexity index is 1090. The van der Waals surface area contributed by atoms with Crippen LogP contribution in [-0.4, -0.2) is 30.4 Å². The van der Waals surface area contributed by atoms with Gasteiger partial charge in [-0.15, -0.1) is 0 Å². The number of hydrogen-bond donors (Lipinski definition) is 3. The van der Waals surface area contributed by atoms with Crippen LogP contribution in [0.5, 0.6) is 0 Å². The van der Waals surface area contributed by atoms with E-state index in [0.29, 0.717) is 13.0 Å². The minimum Gasteiger partial charge on any atom is -0.388 e. The van der Waals surface area contributed by atoms with Crippen molar-refractivity contribution >= 4 is 17.0 Å². The van der Waals surface area contributed by atoms with Gasteiger partial charge in [-0.1, -0.05) is 68.1 Å². The van der Waals surface area contributed by atoms with E-state index in [1.807, 2.05) is 39.0 Å². The number of Topliss-reactive ketones (excluding diaryl/α,β-unsaturated/α-hetero) is 1. The van der Waals surface area contributed by atoms with E-state index >= 15 is 0 Å². The lowest BCUT2D eigenvalue weighted by Gasteiger charge is -2.14. The highest BCUT2D eigenvalue weighted by Gasteiger charge is 2.13. The number of anilines is 1. The number of allylic oxidation sites excluding steroid dienone is 2. The predicted octanol–water partition coefficient (Wildman–Crippen LogP) is 6.10. The number of benzene rings is 2.